The van der Waals surface area contributed by atoms with Crippen LogP contribution in [0, 0.1) is 0 Å². The number of rotatable bonds is 6. The van der Waals surface area contributed by atoms with Gasteiger partial charge in [-0.25, -0.2) is 18.9 Å². The Balaban J connectivity index is 0.00000231. The number of aromatic nitrogens is 4. The standard InChI is InChI=1S/C22H24F2N6.H2/c1-14-21(2,9-10-23)19-17(27-14)5-4-16(28-19)15-6-11-30-18(15)12-25-20(29-30)26-13-22(24)7-3-8-22;/h4-6,11-12H,3,7-10,13H2,1-2H3,(H,26,29);1H. The van der Waals surface area contributed by atoms with E-state index in [4.69, 9.17) is 4.98 Å². The average molecular weight is 412 g/mol. The molecule has 1 atom stereocenters. The second-order valence-corrected chi connectivity index (χ2v) is 8.53. The van der Waals surface area contributed by atoms with Crippen molar-refractivity contribution in [3.8, 4) is 11.3 Å². The Morgan fingerprint density at radius 2 is 2.10 bits per heavy atom. The van der Waals surface area contributed by atoms with Gasteiger partial charge in [0.05, 0.1) is 47.4 Å². The van der Waals surface area contributed by atoms with Crippen LogP contribution in [0.3, 0.4) is 0 Å². The summed E-state index contributed by atoms with van der Waals surface area (Å²) in [6.07, 6.45) is 6.02. The summed E-state index contributed by atoms with van der Waals surface area (Å²) in [6.45, 7) is 3.73. The zero-order chi connectivity index (χ0) is 20.9. The molecule has 30 heavy (non-hydrogen) atoms. The molecule has 8 heteroatoms. The van der Waals surface area contributed by atoms with Crippen LogP contribution in [-0.2, 0) is 5.41 Å². The van der Waals surface area contributed by atoms with E-state index in [1.165, 1.54) is 0 Å². The molecule has 0 amide bonds. The van der Waals surface area contributed by atoms with Crippen LogP contribution in [0.1, 0.15) is 46.7 Å². The van der Waals surface area contributed by atoms with Gasteiger partial charge in [0.2, 0.25) is 5.95 Å². The molecule has 1 aliphatic heterocycles. The molecule has 3 aromatic rings. The number of fused-ring (bicyclic) bond motifs is 2. The Labute approximate surface area is 174 Å². The van der Waals surface area contributed by atoms with E-state index in [0.717, 1.165) is 40.3 Å². The predicted octanol–water partition coefficient (Wildman–Crippen LogP) is 5.06. The van der Waals surface area contributed by atoms with Gasteiger partial charge in [0.1, 0.15) is 5.67 Å². The summed E-state index contributed by atoms with van der Waals surface area (Å²) < 4.78 is 29.1. The third-order valence-electron chi connectivity index (χ3n) is 6.58. The molecule has 158 valence electrons. The lowest BCUT2D eigenvalue weighted by molar-refractivity contribution is 0.0782. The highest BCUT2D eigenvalue weighted by Crippen LogP contribution is 2.42. The highest BCUT2D eigenvalue weighted by molar-refractivity contribution is 5.99. The van der Waals surface area contributed by atoms with E-state index in [1.807, 2.05) is 38.2 Å². The average Bonchev–Trinajstić information content (AvgIpc) is 3.24. The van der Waals surface area contributed by atoms with Crippen molar-refractivity contribution in [1.29, 1.82) is 0 Å². The summed E-state index contributed by atoms with van der Waals surface area (Å²) in [4.78, 5) is 13.8. The maximum Gasteiger partial charge on any atom is 0.241 e. The Morgan fingerprint density at radius 3 is 2.83 bits per heavy atom. The lowest BCUT2D eigenvalue weighted by Gasteiger charge is -2.33. The molecule has 0 spiro atoms. The van der Waals surface area contributed by atoms with Crippen molar-refractivity contribution in [2.75, 3.05) is 18.5 Å². The monoisotopic (exact) mass is 412 g/mol. The fourth-order valence-electron chi connectivity index (χ4n) is 4.23. The van der Waals surface area contributed by atoms with Gasteiger partial charge in [-0.05, 0) is 57.7 Å². The first-order valence-corrected chi connectivity index (χ1v) is 10.3. The van der Waals surface area contributed by atoms with Crippen molar-refractivity contribution in [3.63, 3.8) is 0 Å². The van der Waals surface area contributed by atoms with Crippen molar-refractivity contribution in [2.24, 2.45) is 4.99 Å². The molecule has 1 unspecified atom stereocenters. The van der Waals surface area contributed by atoms with Crippen molar-refractivity contribution in [2.45, 2.75) is 50.6 Å². The molecule has 4 heterocycles. The van der Waals surface area contributed by atoms with E-state index in [1.54, 1.807) is 10.7 Å². The number of pyridine rings is 1. The van der Waals surface area contributed by atoms with E-state index in [9.17, 15) is 8.78 Å². The summed E-state index contributed by atoms with van der Waals surface area (Å²) >= 11 is 0. The third kappa shape index (κ3) is 2.97. The topological polar surface area (TPSA) is 67.5 Å². The smallest absolute Gasteiger partial charge is 0.241 e. The van der Waals surface area contributed by atoms with Crippen LogP contribution >= 0.6 is 0 Å². The number of aliphatic imine (C=N–C) groups is 1. The lowest BCUT2D eigenvalue weighted by Crippen LogP contribution is -2.39. The molecular formula is C22H26F2N6. The van der Waals surface area contributed by atoms with Gasteiger partial charge in [-0.15, -0.1) is 5.10 Å². The van der Waals surface area contributed by atoms with Gasteiger partial charge in [0.25, 0.3) is 0 Å². The fraction of sp³-hybridized carbons (Fsp3) is 0.455. The van der Waals surface area contributed by atoms with E-state index in [-0.39, 0.29) is 7.97 Å². The number of nitrogens with zero attached hydrogens (tertiary/aromatic N) is 5. The van der Waals surface area contributed by atoms with Gasteiger partial charge in [0.15, 0.2) is 0 Å². The molecule has 0 aromatic carbocycles. The first-order chi connectivity index (χ1) is 14.4. The SMILES string of the molecule is CC1=Nc2ccc(-c3ccn4nc(NCC5(F)CCC5)ncc34)nc2C1(C)CCF.[HH]. The van der Waals surface area contributed by atoms with E-state index < -0.39 is 17.8 Å². The highest BCUT2D eigenvalue weighted by Gasteiger charge is 2.39. The van der Waals surface area contributed by atoms with Gasteiger partial charge in [0, 0.05) is 18.9 Å². The molecule has 1 fully saturated rings. The Bertz CT molecular complexity index is 1160. The molecular weight excluding hydrogens is 386 g/mol. The number of nitrogens with one attached hydrogen (secondary N) is 1. The summed E-state index contributed by atoms with van der Waals surface area (Å²) in [5, 5.41) is 7.46. The van der Waals surface area contributed by atoms with Crippen molar-refractivity contribution >= 4 is 22.9 Å². The number of hydrogen-bond donors (Lipinski definition) is 1. The van der Waals surface area contributed by atoms with Crippen LogP contribution < -0.4 is 5.32 Å². The summed E-state index contributed by atoms with van der Waals surface area (Å²) in [7, 11) is 0. The van der Waals surface area contributed by atoms with Crippen molar-refractivity contribution < 1.29 is 10.2 Å². The molecule has 0 saturated heterocycles. The first-order valence-electron chi connectivity index (χ1n) is 10.3. The van der Waals surface area contributed by atoms with Crippen LogP contribution in [0.4, 0.5) is 20.4 Å². The van der Waals surface area contributed by atoms with Gasteiger partial charge in [-0.1, -0.05) is 0 Å². The molecule has 6 nitrogen and oxygen atoms in total. The third-order valence-corrected chi connectivity index (χ3v) is 6.58. The van der Waals surface area contributed by atoms with E-state index >= 15 is 0 Å². The normalized spacial score (nSPS) is 21.9. The summed E-state index contributed by atoms with van der Waals surface area (Å²) in [5.41, 5.74) is 3.32. The zero-order valence-corrected chi connectivity index (χ0v) is 17.1. The van der Waals surface area contributed by atoms with Crippen LogP contribution in [0.25, 0.3) is 16.8 Å². The zero-order valence-electron chi connectivity index (χ0n) is 17.1. The molecule has 0 radical (unpaired) electrons. The second kappa shape index (κ2) is 6.82. The fourth-order valence-corrected chi connectivity index (χ4v) is 4.23. The molecule has 1 saturated carbocycles. The minimum atomic E-state index is -1.14. The highest BCUT2D eigenvalue weighted by atomic mass is 19.1. The van der Waals surface area contributed by atoms with Gasteiger partial charge >= 0.3 is 0 Å². The van der Waals surface area contributed by atoms with E-state index in [2.05, 4.69) is 20.4 Å². The molecule has 2 aliphatic rings. The van der Waals surface area contributed by atoms with Crippen molar-refractivity contribution in [3.05, 3.63) is 36.3 Å². The summed E-state index contributed by atoms with van der Waals surface area (Å²) in [6, 6.07) is 5.78. The Kier molecular flexibility index (Phi) is 4.34. The minimum Gasteiger partial charge on any atom is -0.350 e. The van der Waals surface area contributed by atoms with Crippen LogP contribution in [-0.4, -0.2) is 44.2 Å². The Morgan fingerprint density at radius 1 is 1.27 bits per heavy atom. The maximum absolute atomic E-state index is 14.2. The van der Waals surface area contributed by atoms with Gasteiger partial charge < -0.3 is 5.32 Å². The molecule has 3 aromatic heterocycles. The number of alkyl halides is 2. The molecule has 0 bridgehead atoms. The predicted molar refractivity (Wildman–Crippen MR) is 115 cm³/mol. The van der Waals surface area contributed by atoms with Crippen molar-refractivity contribution in [1.82, 2.24) is 19.6 Å². The van der Waals surface area contributed by atoms with E-state index in [0.29, 0.717) is 25.2 Å². The Hall–Kier alpha value is -2.90. The molecule has 1 aliphatic carbocycles. The number of hydrogen-bond acceptors (Lipinski definition) is 5. The number of halogens is 2. The van der Waals surface area contributed by atoms with Crippen LogP contribution in [0.2, 0.25) is 0 Å². The largest absolute Gasteiger partial charge is 0.350 e. The molecule has 5 rings (SSSR count). The van der Waals surface area contributed by atoms with Gasteiger partial charge in [-0.2, -0.15) is 0 Å². The molecule has 1 N–H and O–H groups in total. The van der Waals surface area contributed by atoms with Crippen LogP contribution in [0.5, 0.6) is 0 Å². The minimum absolute atomic E-state index is 0. The first kappa shape index (κ1) is 19.1. The summed E-state index contributed by atoms with van der Waals surface area (Å²) in [5.74, 6) is 0.398. The maximum atomic E-state index is 14.2. The quantitative estimate of drug-likeness (QED) is 0.614. The lowest BCUT2D eigenvalue weighted by atomic mass is 9.80. The second-order valence-electron chi connectivity index (χ2n) is 8.53. The van der Waals surface area contributed by atoms with Crippen LogP contribution in [0.15, 0.2) is 35.6 Å². The number of anilines is 1. The van der Waals surface area contributed by atoms with Gasteiger partial charge in [-0.3, -0.25) is 9.38 Å².